The molecule has 1 amide bonds. The number of aryl methyl sites for hydroxylation is 1. The van der Waals surface area contributed by atoms with E-state index in [9.17, 15) is 9.18 Å². The minimum Gasteiger partial charge on any atom is -0.348 e. The number of carbonyl (C=O) groups is 1. The Morgan fingerprint density at radius 3 is 2.70 bits per heavy atom. The van der Waals surface area contributed by atoms with Gasteiger partial charge < -0.3 is 4.57 Å². The van der Waals surface area contributed by atoms with Gasteiger partial charge in [0.05, 0.1) is 11.8 Å². The number of hydrogen-bond acceptors (Lipinski definition) is 2. The predicted octanol–water partition coefficient (Wildman–Crippen LogP) is 3.66. The van der Waals surface area contributed by atoms with E-state index in [1.807, 2.05) is 19.9 Å². The van der Waals surface area contributed by atoms with Crippen LogP contribution in [0.4, 0.5) is 4.39 Å². The van der Waals surface area contributed by atoms with Crippen molar-refractivity contribution in [1.29, 1.82) is 0 Å². The highest BCUT2D eigenvalue weighted by Crippen LogP contribution is 2.15. The number of hydrogen-bond donors (Lipinski definition) is 1. The number of aromatic nitrogens is 1. The number of rotatable bonds is 5. The summed E-state index contributed by atoms with van der Waals surface area (Å²) in [5.74, 6) is -0.573. The Kier molecular flexibility index (Phi) is 5.32. The van der Waals surface area contributed by atoms with Gasteiger partial charge in [0.25, 0.3) is 5.91 Å². The van der Waals surface area contributed by atoms with Crippen LogP contribution >= 0.6 is 0 Å². The summed E-state index contributed by atoms with van der Waals surface area (Å²) < 4.78 is 15.7. The number of hydrazone groups is 1. The molecule has 4 nitrogen and oxygen atoms in total. The number of halogens is 1. The zero-order valence-electron chi connectivity index (χ0n) is 13.9. The summed E-state index contributed by atoms with van der Waals surface area (Å²) in [5.41, 5.74) is 5.54. The summed E-state index contributed by atoms with van der Waals surface area (Å²) in [6.45, 7) is 9.34. The Balaban J connectivity index is 2.09. The van der Waals surface area contributed by atoms with Crippen molar-refractivity contribution in [3.63, 3.8) is 0 Å². The number of nitrogens with one attached hydrogen (secondary N) is 1. The van der Waals surface area contributed by atoms with Crippen LogP contribution < -0.4 is 5.43 Å². The molecule has 2 aromatic rings. The first-order valence-corrected chi connectivity index (χ1v) is 7.64. The van der Waals surface area contributed by atoms with Crippen LogP contribution in [0.2, 0.25) is 0 Å². The third-order valence-electron chi connectivity index (χ3n) is 3.65. The topological polar surface area (TPSA) is 46.4 Å². The molecule has 1 aromatic heterocycles. The summed E-state index contributed by atoms with van der Waals surface area (Å²) in [6, 6.07) is 7.85. The van der Waals surface area contributed by atoms with E-state index in [-0.39, 0.29) is 5.56 Å². The van der Waals surface area contributed by atoms with Gasteiger partial charge in [-0.2, -0.15) is 5.10 Å². The third kappa shape index (κ3) is 4.06. The van der Waals surface area contributed by atoms with Gasteiger partial charge in [-0.15, -0.1) is 0 Å². The highest BCUT2D eigenvalue weighted by Gasteiger charge is 2.11. The first kappa shape index (κ1) is 16.9. The molecular formula is C18H22FN3O. The molecule has 0 saturated carbocycles. The van der Waals surface area contributed by atoms with E-state index < -0.39 is 11.7 Å². The van der Waals surface area contributed by atoms with Gasteiger partial charge in [-0.05, 0) is 38.0 Å². The molecule has 0 aliphatic heterocycles. The van der Waals surface area contributed by atoms with E-state index in [0.717, 1.165) is 23.5 Å². The molecule has 0 aliphatic rings. The van der Waals surface area contributed by atoms with Gasteiger partial charge in [-0.1, -0.05) is 26.0 Å². The molecular weight excluding hydrogens is 293 g/mol. The third-order valence-corrected chi connectivity index (χ3v) is 3.65. The van der Waals surface area contributed by atoms with Gasteiger partial charge in [0.15, 0.2) is 0 Å². The monoisotopic (exact) mass is 315 g/mol. The largest absolute Gasteiger partial charge is 0.348 e. The van der Waals surface area contributed by atoms with Crippen LogP contribution in [0.15, 0.2) is 35.4 Å². The first-order chi connectivity index (χ1) is 10.9. The van der Waals surface area contributed by atoms with E-state index in [2.05, 4.69) is 28.9 Å². The normalized spacial score (nSPS) is 11.4. The van der Waals surface area contributed by atoms with Crippen molar-refractivity contribution in [3.05, 3.63) is 58.7 Å². The fraction of sp³-hybridized carbons (Fsp3) is 0.333. The molecule has 2 rings (SSSR count). The summed E-state index contributed by atoms with van der Waals surface area (Å²) in [5, 5.41) is 3.95. The van der Waals surface area contributed by atoms with Crippen molar-refractivity contribution in [1.82, 2.24) is 9.99 Å². The second-order valence-corrected chi connectivity index (χ2v) is 6.01. The maximum atomic E-state index is 13.5. The second kappa shape index (κ2) is 7.22. The van der Waals surface area contributed by atoms with E-state index in [1.165, 1.54) is 12.1 Å². The molecule has 0 aliphatic carbocycles. The van der Waals surface area contributed by atoms with Gasteiger partial charge in [0.1, 0.15) is 5.82 Å². The molecule has 0 bridgehead atoms. The highest BCUT2D eigenvalue weighted by atomic mass is 19.1. The Bertz CT molecular complexity index is 732. The zero-order chi connectivity index (χ0) is 17.0. The molecule has 0 fully saturated rings. The van der Waals surface area contributed by atoms with Crippen LogP contribution in [-0.4, -0.2) is 16.7 Å². The summed E-state index contributed by atoms with van der Waals surface area (Å²) in [7, 11) is 0. The quantitative estimate of drug-likeness (QED) is 0.664. The molecule has 1 aromatic carbocycles. The van der Waals surface area contributed by atoms with Crippen LogP contribution in [-0.2, 0) is 6.54 Å². The minimum atomic E-state index is -0.560. The van der Waals surface area contributed by atoms with Crippen molar-refractivity contribution < 1.29 is 9.18 Å². The SMILES string of the molecule is Cc1cc(/C=N/NC(=O)c2ccccc2F)c(C)n1CC(C)C. The maximum Gasteiger partial charge on any atom is 0.274 e. The predicted molar refractivity (Wildman–Crippen MR) is 90.2 cm³/mol. The van der Waals surface area contributed by atoms with Crippen LogP contribution in [0.25, 0.3) is 0 Å². The molecule has 122 valence electrons. The Labute approximate surface area is 136 Å². The fourth-order valence-corrected chi connectivity index (χ4v) is 2.47. The number of amides is 1. The molecule has 1 heterocycles. The average Bonchev–Trinajstić information content (AvgIpc) is 2.75. The molecule has 0 spiro atoms. The Morgan fingerprint density at radius 1 is 1.35 bits per heavy atom. The lowest BCUT2D eigenvalue weighted by Crippen LogP contribution is -2.19. The zero-order valence-corrected chi connectivity index (χ0v) is 13.9. The fourth-order valence-electron chi connectivity index (χ4n) is 2.47. The lowest BCUT2D eigenvalue weighted by Gasteiger charge is -2.11. The summed E-state index contributed by atoms with van der Waals surface area (Å²) >= 11 is 0. The number of nitrogens with zero attached hydrogens (tertiary/aromatic N) is 2. The van der Waals surface area contributed by atoms with E-state index >= 15 is 0 Å². The maximum absolute atomic E-state index is 13.5. The van der Waals surface area contributed by atoms with E-state index in [0.29, 0.717) is 5.92 Å². The molecule has 0 unspecified atom stereocenters. The second-order valence-electron chi connectivity index (χ2n) is 6.01. The molecule has 23 heavy (non-hydrogen) atoms. The lowest BCUT2D eigenvalue weighted by molar-refractivity contribution is 0.0951. The molecule has 1 N–H and O–H groups in total. The average molecular weight is 315 g/mol. The van der Waals surface area contributed by atoms with Crippen molar-refractivity contribution in [2.45, 2.75) is 34.2 Å². The van der Waals surface area contributed by atoms with Crippen molar-refractivity contribution in [3.8, 4) is 0 Å². The van der Waals surface area contributed by atoms with Gasteiger partial charge >= 0.3 is 0 Å². The van der Waals surface area contributed by atoms with Gasteiger partial charge in [-0.25, -0.2) is 9.82 Å². The molecule has 0 saturated heterocycles. The standard InChI is InChI=1S/C18H22FN3O/c1-12(2)11-22-13(3)9-15(14(22)4)10-20-21-18(23)16-7-5-6-8-17(16)19/h5-10,12H,11H2,1-4H3,(H,21,23)/b20-10+. The van der Waals surface area contributed by atoms with Gasteiger partial charge in [0.2, 0.25) is 0 Å². The Hall–Kier alpha value is -2.43. The van der Waals surface area contributed by atoms with Crippen molar-refractivity contribution in [2.75, 3.05) is 0 Å². The van der Waals surface area contributed by atoms with Gasteiger partial charge in [-0.3, -0.25) is 4.79 Å². The minimum absolute atomic E-state index is 0.0186. The number of benzene rings is 1. The molecule has 0 radical (unpaired) electrons. The van der Waals surface area contributed by atoms with Gasteiger partial charge in [0, 0.05) is 23.5 Å². The lowest BCUT2D eigenvalue weighted by atomic mass is 10.2. The number of carbonyl (C=O) groups excluding carboxylic acids is 1. The van der Waals surface area contributed by atoms with Crippen molar-refractivity contribution >= 4 is 12.1 Å². The van der Waals surface area contributed by atoms with Crippen LogP contribution in [0.1, 0.15) is 41.2 Å². The first-order valence-electron chi connectivity index (χ1n) is 7.64. The van der Waals surface area contributed by atoms with Crippen LogP contribution in [0, 0.1) is 25.6 Å². The summed E-state index contributed by atoms with van der Waals surface area (Å²) in [4.78, 5) is 11.9. The van der Waals surface area contributed by atoms with E-state index in [4.69, 9.17) is 0 Å². The summed E-state index contributed by atoms with van der Waals surface area (Å²) in [6.07, 6.45) is 1.60. The molecule has 5 heteroatoms. The van der Waals surface area contributed by atoms with E-state index in [1.54, 1.807) is 18.3 Å². The smallest absolute Gasteiger partial charge is 0.274 e. The van der Waals surface area contributed by atoms with Crippen LogP contribution in [0.5, 0.6) is 0 Å². The molecule has 0 atom stereocenters. The highest BCUT2D eigenvalue weighted by molar-refractivity contribution is 5.95. The van der Waals surface area contributed by atoms with Crippen LogP contribution in [0.3, 0.4) is 0 Å². The Morgan fingerprint density at radius 2 is 2.04 bits per heavy atom. The van der Waals surface area contributed by atoms with Crippen molar-refractivity contribution in [2.24, 2.45) is 11.0 Å².